The predicted molar refractivity (Wildman–Crippen MR) is 115 cm³/mol. The summed E-state index contributed by atoms with van der Waals surface area (Å²) in [5.74, 6) is 0.611. The third-order valence-corrected chi connectivity index (χ3v) is 5.03. The minimum absolute atomic E-state index is 0.0549. The molecule has 0 amide bonds. The van der Waals surface area contributed by atoms with Crippen LogP contribution in [0.4, 0.5) is 38.0 Å². The zero-order valence-corrected chi connectivity index (χ0v) is 18.5. The van der Waals surface area contributed by atoms with Gasteiger partial charge in [-0.1, -0.05) is 0 Å². The van der Waals surface area contributed by atoms with Gasteiger partial charge in [-0.25, -0.2) is 9.67 Å². The van der Waals surface area contributed by atoms with Gasteiger partial charge in [0.05, 0.1) is 35.9 Å². The zero-order chi connectivity index (χ0) is 25.5. The summed E-state index contributed by atoms with van der Waals surface area (Å²) >= 11 is 0. The van der Waals surface area contributed by atoms with Crippen LogP contribution in [0.2, 0.25) is 0 Å². The smallest absolute Gasteiger partial charge is 0.416 e. The zero-order valence-electron chi connectivity index (χ0n) is 18.5. The second-order valence-corrected chi connectivity index (χ2v) is 7.61. The molecule has 7 nitrogen and oxygen atoms in total. The Morgan fingerprint density at radius 2 is 1.60 bits per heavy atom. The van der Waals surface area contributed by atoms with Crippen molar-refractivity contribution in [2.24, 2.45) is 7.05 Å². The molecule has 0 saturated carbocycles. The molecule has 0 radical (unpaired) electrons. The molecular weight excluding hydrogens is 478 g/mol. The molecule has 0 aliphatic heterocycles. The van der Waals surface area contributed by atoms with Gasteiger partial charge in [0, 0.05) is 24.5 Å². The lowest BCUT2D eigenvalue weighted by Crippen LogP contribution is -2.12. The number of rotatable bonds is 5. The van der Waals surface area contributed by atoms with Crippen molar-refractivity contribution in [3.8, 4) is 22.8 Å². The summed E-state index contributed by atoms with van der Waals surface area (Å²) in [4.78, 5) is 8.42. The van der Waals surface area contributed by atoms with E-state index in [4.69, 9.17) is 4.74 Å². The van der Waals surface area contributed by atoms with Crippen LogP contribution >= 0.6 is 0 Å². The van der Waals surface area contributed by atoms with E-state index in [1.807, 2.05) is 13.1 Å². The number of ether oxygens (including phenoxy) is 1. The largest absolute Gasteiger partial charge is 0.495 e. The lowest BCUT2D eigenvalue weighted by molar-refractivity contribution is -0.143. The van der Waals surface area contributed by atoms with Crippen LogP contribution in [-0.4, -0.2) is 31.4 Å². The van der Waals surface area contributed by atoms with Gasteiger partial charge in [-0.2, -0.15) is 31.3 Å². The Morgan fingerprint density at radius 1 is 0.943 bits per heavy atom. The number of nitrogens with zero attached hydrogens (tertiary/aromatic N) is 5. The third-order valence-electron chi connectivity index (χ3n) is 5.03. The molecule has 0 unspecified atom stereocenters. The summed E-state index contributed by atoms with van der Waals surface area (Å²) in [6, 6.07) is 6.33. The van der Waals surface area contributed by atoms with Gasteiger partial charge in [0.1, 0.15) is 5.75 Å². The van der Waals surface area contributed by atoms with E-state index in [2.05, 4.69) is 20.4 Å². The van der Waals surface area contributed by atoms with Gasteiger partial charge in [-0.15, -0.1) is 5.10 Å². The first-order valence-electron chi connectivity index (χ1n) is 10.0. The first-order valence-corrected chi connectivity index (χ1v) is 10.0. The molecule has 2 heterocycles. The number of anilines is 2. The molecule has 0 aliphatic carbocycles. The number of halogens is 6. The minimum Gasteiger partial charge on any atom is -0.495 e. The number of hydrogen-bond acceptors (Lipinski definition) is 5. The minimum atomic E-state index is -4.96. The maximum atomic E-state index is 13.2. The predicted octanol–water partition coefficient (Wildman–Crippen LogP) is 5.77. The Balaban J connectivity index is 1.68. The highest BCUT2D eigenvalue weighted by Gasteiger charge is 2.37. The van der Waals surface area contributed by atoms with Crippen molar-refractivity contribution in [1.82, 2.24) is 24.3 Å². The number of aromatic nitrogens is 5. The average molecular weight is 496 g/mol. The standard InChI is InChI=1S/C22H18F6N6O/c1-12-10-34(11-29-12)17-5-4-13(6-18(17)35-3)19-31-20(33(2)32-19)30-16-8-14(21(23,24)25)7-15(9-16)22(26,27)28/h4-11H,1-3H3,(H,30,31,32). The highest BCUT2D eigenvalue weighted by Crippen LogP contribution is 2.38. The molecule has 13 heteroatoms. The molecule has 0 spiro atoms. The van der Waals surface area contributed by atoms with E-state index in [0.717, 1.165) is 5.69 Å². The van der Waals surface area contributed by atoms with Crippen LogP contribution in [0.1, 0.15) is 16.8 Å². The summed E-state index contributed by atoms with van der Waals surface area (Å²) in [7, 11) is 2.94. The van der Waals surface area contributed by atoms with Crippen molar-refractivity contribution in [2.75, 3.05) is 12.4 Å². The maximum absolute atomic E-state index is 13.2. The second kappa shape index (κ2) is 8.64. The van der Waals surface area contributed by atoms with E-state index in [9.17, 15) is 26.3 Å². The first-order chi connectivity index (χ1) is 16.3. The Bertz CT molecular complexity index is 1340. The quantitative estimate of drug-likeness (QED) is 0.356. The number of aryl methyl sites for hydroxylation is 2. The maximum Gasteiger partial charge on any atom is 0.416 e. The third kappa shape index (κ3) is 5.08. The molecule has 35 heavy (non-hydrogen) atoms. The van der Waals surface area contributed by atoms with Gasteiger partial charge < -0.3 is 14.6 Å². The fourth-order valence-electron chi connectivity index (χ4n) is 3.35. The Hall–Kier alpha value is -4.03. The molecule has 4 aromatic rings. The van der Waals surface area contributed by atoms with Crippen LogP contribution < -0.4 is 10.1 Å². The normalized spacial score (nSPS) is 12.1. The van der Waals surface area contributed by atoms with Crippen LogP contribution in [0.5, 0.6) is 5.75 Å². The number of alkyl halides is 6. The topological polar surface area (TPSA) is 69.8 Å². The molecule has 0 atom stereocenters. The second-order valence-electron chi connectivity index (χ2n) is 7.61. The molecule has 0 saturated heterocycles. The Morgan fingerprint density at radius 3 is 2.14 bits per heavy atom. The summed E-state index contributed by atoms with van der Waals surface area (Å²) in [5.41, 5.74) is -1.28. The van der Waals surface area contributed by atoms with E-state index in [0.29, 0.717) is 29.1 Å². The fourth-order valence-corrected chi connectivity index (χ4v) is 3.35. The molecule has 2 aromatic heterocycles. The van der Waals surface area contributed by atoms with Gasteiger partial charge in [-0.05, 0) is 43.3 Å². The Labute approximate surface area is 195 Å². The van der Waals surface area contributed by atoms with Crippen molar-refractivity contribution in [3.63, 3.8) is 0 Å². The summed E-state index contributed by atoms with van der Waals surface area (Å²) in [6.07, 6.45) is -6.50. The molecule has 2 aromatic carbocycles. The van der Waals surface area contributed by atoms with Gasteiger partial charge >= 0.3 is 12.4 Å². The van der Waals surface area contributed by atoms with E-state index in [-0.39, 0.29) is 17.8 Å². The van der Waals surface area contributed by atoms with E-state index in [1.165, 1.54) is 18.8 Å². The van der Waals surface area contributed by atoms with Crippen molar-refractivity contribution >= 4 is 11.6 Å². The van der Waals surface area contributed by atoms with Crippen LogP contribution in [0.15, 0.2) is 48.9 Å². The number of methoxy groups -OCH3 is 1. The first kappa shape index (κ1) is 24.1. The van der Waals surface area contributed by atoms with Gasteiger partial charge in [0.2, 0.25) is 5.95 Å². The van der Waals surface area contributed by atoms with E-state index in [1.54, 1.807) is 29.1 Å². The van der Waals surface area contributed by atoms with Crippen molar-refractivity contribution in [2.45, 2.75) is 19.3 Å². The molecule has 1 N–H and O–H groups in total. The van der Waals surface area contributed by atoms with Gasteiger partial charge in [0.15, 0.2) is 5.82 Å². The lowest BCUT2D eigenvalue weighted by Gasteiger charge is -2.14. The lowest BCUT2D eigenvalue weighted by atomic mass is 10.1. The SMILES string of the molecule is COc1cc(-c2nc(Nc3cc(C(F)(F)F)cc(C(F)(F)F)c3)n(C)n2)ccc1-n1cnc(C)c1. The van der Waals surface area contributed by atoms with Gasteiger partial charge in [0.25, 0.3) is 0 Å². The number of hydrogen-bond donors (Lipinski definition) is 1. The molecular formula is C22H18F6N6O. The van der Waals surface area contributed by atoms with Crippen molar-refractivity contribution < 1.29 is 31.1 Å². The average Bonchev–Trinajstić information content (AvgIpc) is 3.37. The van der Waals surface area contributed by atoms with Gasteiger partial charge in [-0.3, -0.25) is 0 Å². The van der Waals surface area contributed by atoms with Crippen LogP contribution in [0.3, 0.4) is 0 Å². The van der Waals surface area contributed by atoms with E-state index < -0.39 is 29.2 Å². The summed E-state index contributed by atoms with van der Waals surface area (Å²) < 4.78 is 87.4. The van der Waals surface area contributed by atoms with Crippen molar-refractivity contribution in [3.05, 3.63) is 65.7 Å². The van der Waals surface area contributed by atoms with Crippen LogP contribution in [0.25, 0.3) is 17.1 Å². The molecule has 0 aliphatic rings. The molecule has 0 bridgehead atoms. The number of imidazole rings is 1. The monoisotopic (exact) mass is 496 g/mol. The fraction of sp³-hybridized carbons (Fsp3) is 0.227. The molecule has 0 fully saturated rings. The molecule has 4 rings (SSSR count). The highest BCUT2D eigenvalue weighted by molar-refractivity contribution is 5.65. The van der Waals surface area contributed by atoms with Crippen molar-refractivity contribution in [1.29, 1.82) is 0 Å². The van der Waals surface area contributed by atoms with Crippen LogP contribution in [0, 0.1) is 6.92 Å². The molecule has 184 valence electrons. The number of nitrogens with one attached hydrogen (secondary N) is 1. The van der Waals surface area contributed by atoms with Crippen LogP contribution in [-0.2, 0) is 19.4 Å². The summed E-state index contributed by atoms with van der Waals surface area (Å²) in [5, 5.41) is 6.73. The Kier molecular flexibility index (Phi) is 5.95. The highest BCUT2D eigenvalue weighted by atomic mass is 19.4. The number of benzene rings is 2. The summed E-state index contributed by atoms with van der Waals surface area (Å²) in [6.45, 7) is 1.84. The van der Waals surface area contributed by atoms with E-state index >= 15 is 0 Å².